The van der Waals surface area contributed by atoms with Crippen molar-refractivity contribution in [3.8, 4) is 0 Å². The third-order valence-electron chi connectivity index (χ3n) is 3.39. The van der Waals surface area contributed by atoms with Crippen molar-refractivity contribution in [2.24, 2.45) is 0 Å². The lowest BCUT2D eigenvalue weighted by Gasteiger charge is -2.22. The van der Waals surface area contributed by atoms with Crippen LogP contribution in [0, 0.1) is 0 Å². The number of likely N-dealkylation sites (N-methyl/N-ethyl adjacent to an activating group) is 1. The molecule has 1 saturated heterocycles. The molecule has 1 unspecified atom stereocenters. The van der Waals surface area contributed by atoms with Crippen LogP contribution < -0.4 is 5.32 Å². The fraction of sp³-hybridized carbons (Fsp3) is 0.692. The van der Waals surface area contributed by atoms with E-state index in [1.807, 2.05) is 19.4 Å². The summed E-state index contributed by atoms with van der Waals surface area (Å²) >= 11 is 1.29. The number of ether oxygens (including phenoxy) is 1. The van der Waals surface area contributed by atoms with E-state index in [2.05, 4.69) is 5.32 Å². The minimum atomic E-state index is -3.39. The Morgan fingerprint density at radius 2 is 2.35 bits per heavy atom. The summed E-state index contributed by atoms with van der Waals surface area (Å²) in [5.41, 5.74) is 1.00. The SMILES string of the molecule is CCN(CC1CCCO1)S(=O)(=O)c1cc(CNC)cs1. The van der Waals surface area contributed by atoms with Crippen molar-refractivity contribution in [1.82, 2.24) is 9.62 Å². The van der Waals surface area contributed by atoms with Gasteiger partial charge in [0.1, 0.15) is 4.21 Å². The quantitative estimate of drug-likeness (QED) is 0.830. The lowest BCUT2D eigenvalue weighted by atomic mass is 10.2. The Balaban J connectivity index is 2.12. The fourth-order valence-corrected chi connectivity index (χ4v) is 5.17. The van der Waals surface area contributed by atoms with Crippen LogP contribution >= 0.6 is 11.3 Å². The monoisotopic (exact) mass is 318 g/mol. The van der Waals surface area contributed by atoms with Crippen LogP contribution in [0.1, 0.15) is 25.3 Å². The topological polar surface area (TPSA) is 58.6 Å². The lowest BCUT2D eigenvalue weighted by Crippen LogP contribution is -2.36. The van der Waals surface area contributed by atoms with Gasteiger partial charge >= 0.3 is 0 Å². The van der Waals surface area contributed by atoms with Crippen LogP contribution in [-0.4, -0.2) is 45.6 Å². The highest BCUT2D eigenvalue weighted by atomic mass is 32.2. The molecule has 1 aromatic heterocycles. The largest absolute Gasteiger partial charge is 0.377 e. The Labute approximate surface area is 125 Å². The first-order valence-corrected chi connectivity index (χ1v) is 9.23. The van der Waals surface area contributed by atoms with Crippen LogP contribution in [-0.2, 0) is 21.3 Å². The van der Waals surface area contributed by atoms with Gasteiger partial charge in [0, 0.05) is 26.2 Å². The first-order valence-electron chi connectivity index (χ1n) is 6.91. The fourth-order valence-electron chi connectivity index (χ4n) is 2.33. The van der Waals surface area contributed by atoms with E-state index in [4.69, 9.17) is 4.74 Å². The van der Waals surface area contributed by atoms with Crippen molar-refractivity contribution in [2.45, 2.75) is 36.6 Å². The number of thiophene rings is 1. The molecular formula is C13H22N2O3S2. The summed E-state index contributed by atoms with van der Waals surface area (Å²) < 4.78 is 32.8. The van der Waals surface area contributed by atoms with Gasteiger partial charge in [-0.25, -0.2) is 8.42 Å². The number of nitrogens with zero attached hydrogens (tertiary/aromatic N) is 1. The van der Waals surface area contributed by atoms with Crippen LogP contribution in [0.3, 0.4) is 0 Å². The molecule has 20 heavy (non-hydrogen) atoms. The van der Waals surface area contributed by atoms with E-state index in [9.17, 15) is 8.42 Å². The number of nitrogens with one attached hydrogen (secondary N) is 1. The molecule has 0 spiro atoms. The highest BCUT2D eigenvalue weighted by Crippen LogP contribution is 2.25. The van der Waals surface area contributed by atoms with Crippen LogP contribution in [0.5, 0.6) is 0 Å². The molecule has 2 heterocycles. The van der Waals surface area contributed by atoms with E-state index in [0.29, 0.717) is 23.8 Å². The average molecular weight is 318 g/mol. The zero-order valence-electron chi connectivity index (χ0n) is 12.0. The molecule has 0 bridgehead atoms. The Morgan fingerprint density at radius 3 is 2.95 bits per heavy atom. The Morgan fingerprint density at radius 1 is 1.55 bits per heavy atom. The Kier molecular flexibility index (Phi) is 5.57. The third kappa shape index (κ3) is 3.59. The van der Waals surface area contributed by atoms with E-state index in [0.717, 1.165) is 25.0 Å². The van der Waals surface area contributed by atoms with Gasteiger partial charge < -0.3 is 10.1 Å². The van der Waals surface area contributed by atoms with Crippen molar-refractivity contribution in [1.29, 1.82) is 0 Å². The highest BCUT2D eigenvalue weighted by Gasteiger charge is 2.28. The summed E-state index contributed by atoms with van der Waals surface area (Å²) in [6.07, 6.45) is 2.01. The molecular weight excluding hydrogens is 296 g/mol. The van der Waals surface area contributed by atoms with Gasteiger partial charge in [-0.05, 0) is 36.9 Å². The first kappa shape index (κ1) is 15.9. The van der Waals surface area contributed by atoms with Gasteiger partial charge in [-0.15, -0.1) is 11.3 Å². The molecule has 0 amide bonds. The van der Waals surface area contributed by atoms with Crippen molar-refractivity contribution in [3.05, 3.63) is 17.0 Å². The highest BCUT2D eigenvalue weighted by molar-refractivity contribution is 7.91. The summed E-state index contributed by atoms with van der Waals surface area (Å²) in [5, 5.41) is 4.92. The molecule has 2 rings (SSSR count). The van der Waals surface area contributed by atoms with Crippen LogP contribution in [0.2, 0.25) is 0 Å². The van der Waals surface area contributed by atoms with Gasteiger partial charge in [0.15, 0.2) is 0 Å². The lowest BCUT2D eigenvalue weighted by molar-refractivity contribution is 0.0947. The molecule has 114 valence electrons. The minimum absolute atomic E-state index is 0.0430. The zero-order chi connectivity index (χ0) is 14.6. The predicted octanol–water partition coefficient (Wildman–Crippen LogP) is 1.66. The summed E-state index contributed by atoms with van der Waals surface area (Å²) in [6, 6.07) is 1.76. The van der Waals surface area contributed by atoms with Gasteiger partial charge in [-0.1, -0.05) is 6.92 Å². The van der Waals surface area contributed by atoms with Crippen molar-refractivity contribution in [3.63, 3.8) is 0 Å². The van der Waals surface area contributed by atoms with E-state index in [1.54, 1.807) is 6.07 Å². The molecule has 1 aromatic rings. The second kappa shape index (κ2) is 7.00. The van der Waals surface area contributed by atoms with Crippen molar-refractivity contribution in [2.75, 3.05) is 26.7 Å². The predicted molar refractivity (Wildman–Crippen MR) is 80.5 cm³/mol. The van der Waals surface area contributed by atoms with E-state index in [-0.39, 0.29) is 6.10 Å². The molecule has 7 heteroatoms. The molecule has 1 atom stereocenters. The van der Waals surface area contributed by atoms with Crippen molar-refractivity contribution < 1.29 is 13.2 Å². The number of hydrogen-bond donors (Lipinski definition) is 1. The molecule has 0 radical (unpaired) electrons. The first-order chi connectivity index (χ1) is 9.57. The third-order valence-corrected chi connectivity index (χ3v) is 6.79. The molecule has 0 aromatic carbocycles. The molecule has 1 aliphatic heterocycles. The Bertz CT molecular complexity index is 521. The normalized spacial score (nSPS) is 19.9. The second-order valence-electron chi connectivity index (χ2n) is 4.90. The Hall–Kier alpha value is -0.470. The average Bonchev–Trinajstić information content (AvgIpc) is 3.07. The molecule has 5 nitrogen and oxygen atoms in total. The molecule has 1 aliphatic rings. The summed E-state index contributed by atoms with van der Waals surface area (Å²) in [6.45, 7) is 4.23. The minimum Gasteiger partial charge on any atom is -0.377 e. The summed E-state index contributed by atoms with van der Waals surface area (Å²) in [7, 11) is -1.54. The van der Waals surface area contributed by atoms with Gasteiger partial charge in [0.25, 0.3) is 10.0 Å². The standard InChI is InChI=1S/C13H22N2O3S2/c1-3-15(9-12-5-4-6-18-12)20(16,17)13-7-11(8-14-2)10-19-13/h7,10,12,14H,3-6,8-9H2,1-2H3. The van der Waals surface area contributed by atoms with Crippen LogP contribution in [0.15, 0.2) is 15.7 Å². The zero-order valence-corrected chi connectivity index (χ0v) is 13.6. The summed E-state index contributed by atoms with van der Waals surface area (Å²) in [4.78, 5) is 0. The van der Waals surface area contributed by atoms with E-state index >= 15 is 0 Å². The van der Waals surface area contributed by atoms with E-state index in [1.165, 1.54) is 15.6 Å². The molecule has 1 fully saturated rings. The molecule has 0 aliphatic carbocycles. The van der Waals surface area contributed by atoms with Gasteiger partial charge in [0.2, 0.25) is 0 Å². The second-order valence-corrected chi connectivity index (χ2v) is 7.97. The summed E-state index contributed by atoms with van der Waals surface area (Å²) in [5.74, 6) is 0. The van der Waals surface area contributed by atoms with Crippen molar-refractivity contribution >= 4 is 21.4 Å². The van der Waals surface area contributed by atoms with Crippen LogP contribution in [0.4, 0.5) is 0 Å². The van der Waals surface area contributed by atoms with Crippen LogP contribution in [0.25, 0.3) is 0 Å². The number of sulfonamides is 1. The van der Waals surface area contributed by atoms with Gasteiger partial charge in [0.05, 0.1) is 6.10 Å². The maximum Gasteiger partial charge on any atom is 0.252 e. The molecule has 1 N–H and O–H groups in total. The molecule has 0 saturated carbocycles. The maximum absolute atomic E-state index is 12.6. The van der Waals surface area contributed by atoms with Gasteiger partial charge in [-0.2, -0.15) is 4.31 Å². The maximum atomic E-state index is 12.6. The van der Waals surface area contributed by atoms with Gasteiger partial charge in [-0.3, -0.25) is 0 Å². The smallest absolute Gasteiger partial charge is 0.252 e. The number of hydrogen-bond acceptors (Lipinski definition) is 5. The number of rotatable bonds is 7. The van der Waals surface area contributed by atoms with E-state index < -0.39 is 10.0 Å².